The van der Waals surface area contributed by atoms with Crippen LogP contribution >= 0.6 is 0 Å². The van der Waals surface area contributed by atoms with Gasteiger partial charge in [-0.1, -0.05) is 12.1 Å². The van der Waals surface area contributed by atoms with Crippen LogP contribution in [0.5, 0.6) is 0 Å². The Morgan fingerprint density at radius 3 is 2.26 bits per heavy atom. The molecule has 3 aromatic rings. The number of anilines is 1. The lowest BCUT2D eigenvalue weighted by atomic mass is 9.96. The topological polar surface area (TPSA) is 118 Å². The SMILES string of the molecule is NS(=O)(=O)c1ccc(CCNC(=O)C2CCN(c3ccc(-c4ccc(F)cc4)nn3)CC2)cc1. The summed E-state index contributed by atoms with van der Waals surface area (Å²) in [5.74, 6) is 0.428. The molecule has 1 aliphatic heterocycles. The van der Waals surface area contributed by atoms with Gasteiger partial charge >= 0.3 is 0 Å². The first-order valence-electron chi connectivity index (χ1n) is 11.0. The van der Waals surface area contributed by atoms with Gasteiger partial charge < -0.3 is 10.2 Å². The van der Waals surface area contributed by atoms with E-state index < -0.39 is 10.0 Å². The number of halogens is 1. The van der Waals surface area contributed by atoms with Gasteiger partial charge in [0.1, 0.15) is 5.82 Å². The van der Waals surface area contributed by atoms with Gasteiger partial charge in [0.05, 0.1) is 10.6 Å². The van der Waals surface area contributed by atoms with E-state index in [1.807, 2.05) is 12.1 Å². The van der Waals surface area contributed by atoms with Crippen LogP contribution in [0.1, 0.15) is 18.4 Å². The molecule has 0 bridgehead atoms. The summed E-state index contributed by atoms with van der Waals surface area (Å²) in [6, 6.07) is 16.2. The summed E-state index contributed by atoms with van der Waals surface area (Å²) in [5.41, 5.74) is 2.40. The lowest BCUT2D eigenvalue weighted by molar-refractivity contribution is -0.125. The molecule has 1 fully saturated rings. The van der Waals surface area contributed by atoms with Crippen LogP contribution in [0.2, 0.25) is 0 Å². The second kappa shape index (κ2) is 10.3. The summed E-state index contributed by atoms with van der Waals surface area (Å²) in [7, 11) is -3.70. The summed E-state index contributed by atoms with van der Waals surface area (Å²) < 4.78 is 35.7. The largest absolute Gasteiger partial charge is 0.356 e. The number of nitrogens with one attached hydrogen (secondary N) is 1. The second-order valence-electron chi connectivity index (χ2n) is 8.27. The van der Waals surface area contributed by atoms with Crippen molar-refractivity contribution in [1.29, 1.82) is 0 Å². The molecule has 178 valence electrons. The highest BCUT2D eigenvalue weighted by Gasteiger charge is 2.25. The quantitative estimate of drug-likeness (QED) is 0.533. The first-order chi connectivity index (χ1) is 16.3. The van der Waals surface area contributed by atoms with Gasteiger partial charge in [0.25, 0.3) is 0 Å². The smallest absolute Gasteiger partial charge is 0.238 e. The van der Waals surface area contributed by atoms with Crippen LogP contribution in [0.4, 0.5) is 10.2 Å². The highest BCUT2D eigenvalue weighted by atomic mass is 32.2. The summed E-state index contributed by atoms with van der Waals surface area (Å²) >= 11 is 0. The number of nitrogens with zero attached hydrogens (tertiary/aromatic N) is 3. The molecule has 1 saturated heterocycles. The number of piperidine rings is 1. The maximum atomic E-state index is 13.1. The standard InChI is InChI=1S/C24H26FN5O3S/c25-20-5-3-18(4-6-20)22-9-10-23(29-28-22)30-15-12-19(13-16-30)24(31)27-14-11-17-1-7-21(8-2-17)34(26,32)33/h1-10,19H,11-16H2,(H,27,31)(H2,26,32,33). The van der Waals surface area contributed by atoms with Crippen LogP contribution < -0.4 is 15.4 Å². The Morgan fingerprint density at radius 1 is 1.00 bits per heavy atom. The third-order valence-corrected chi connectivity index (χ3v) is 6.87. The lowest BCUT2D eigenvalue weighted by Gasteiger charge is -2.31. The van der Waals surface area contributed by atoms with E-state index in [1.54, 1.807) is 24.3 Å². The van der Waals surface area contributed by atoms with Crippen molar-refractivity contribution < 1.29 is 17.6 Å². The fourth-order valence-electron chi connectivity index (χ4n) is 3.96. The number of aromatic nitrogens is 2. The molecule has 1 amide bonds. The summed E-state index contributed by atoms with van der Waals surface area (Å²) in [5, 5.41) is 16.7. The van der Waals surface area contributed by atoms with Crippen molar-refractivity contribution in [3.05, 3.63) is 72.0 Å². The molecule has 3 N–H and O–H groups in total. The average Bonchev–Trinajstić information content (AvgIpc) is 2.84. The minimum atomic E-state index is -3.70. The normalized spacial score (nSPS) is 14.7. The molecule has 0 radical (unpaired) electrons. The third-order valence-electron chi connectivity index (χ3n) is 5.94. The van der Waals surface area contributed by atoms with E-state index in [1.165, 1.54) is 24.3 Å². The van der Waals surface area contributed by atoms with Crippen LogP contribution in [-0.4, -0.2) is 44.2 Å². The van der Waals surface area contributed by atoms with E-state index in [0.717, 1.165) is 29.8 Å². The van der Waals surface area contributed by atoms with Gasteiger partial charge in [0.15, 0.2) is 5.82 Å². The van der Waals surface area contributed by atoms with Gasteiger partial charge in [-0.3, -0.25) is 4.79 Å². The number of hydrogen-bond acceptors (Lipinski definition) is 6. The third kappa shape index (κ3) is 5.95. The Labute approximate surface area is 198 Å². The van der Waals surface area contributed by atoms with Crippen molar-refractivity contribution in [3.8, 4) is 11.3 Å². The summed E-state index contributed by atoms with van der Waals surface area (Å²) in [6.07, 6.45) is 2.04. The predicted octanol–water partition coefficient (Wildman–Crippen LogP) is 2.51. The Morgan fingerprint density at radius 2 is 1.68 bits per heavy atom. The van der Waals surface area contributed by atoms with E-state index in [2.05, 4.69) is 20.4 Å². The maximum Gasteiger partial charge on any atom is 0.238 e. The molecule has 1 aliphatic rings. The monoisotopic (exact) mass is 483 g/mol. The first-order valence-corrected chi connectivity index (χ1v) is 12.6. The lowest BCUT2D eigenvalue weighted by Crippen LogP contribution is -2.41. The minimum absolute atomic E-state index is 0.0264. The van der Waals surface area contributed by atoms with Crippen molar-refractivity contribution in [1.82, 2.24) is 15.5 Å². The number of hydrogen-bond donors (Lipinski definition) is 2. The van der Waals surface area contributed by atoms with E-state index in [9.17, 15) is 17.6 Å². The first kappa shape index (κ1) is 23.8. The van der Waals surface area contributed by atoms with E-state index in [-0.39, 0.29) is 22.5 Å². The molecular formula is C24H26FN5O3S. The summed E-state index contributed by atoms with van der Waals surface area (Å²) in [6.45, 7) is 1.89. The summed E-state index contributed by atoms with van der Waals surface area (Å²) in [4.78, 5) is 14.7. The molecule has 34 heavy (non-hydrogen) atoms. The fraction of sp³-hybridized carbons (Fsp3) is 0.292. The molecule has 0 spiro atoms. The number of primary sulfonamides is 1. The van der Waals surface area contributed by atoms with E-state index in [4.69, 9.17) is 5.14 Å². The van der Waals surface area contributed by atoms with Crippen molar-refractivity contribution in [2.45, 2.75) is 24.2 Å². The highest BCUT2D eigenvalue weighted by molar-refractivity contribution is 7.89. The molecule has 0 unspecified atom stereocenters. The molecule has 8 nitrogen and oxygen atoms in total. The zero-order valence-corrected chi connectivity index (χ0v) is 19.3. The van der Waals surface area contributed by atoms with Crippen molar-refractivity contribution in [3.63, 3.8) is 0 Å². The van der Waals surface area contributed by atoms with Crippen LogP contribution in [0, 0.1) is 11.7 Å². The van der Waals surface area contributed by atoms with Crippen molar-refractivity contribution in [2.24, 2.45) is 11.1 Å². The molecule has 0 atom stereocenters. The van der Waals surface area contributed by atoms with Crippen molar-refractivity contribution >= 4 is 21.7 Å². The number of sulfonamides is 1. The van der Waals surface area contributed by atoms with Crippen LogP contribution in [0.25, 0.3) is 11.3 Å². The van der Waals surface area contributed by atoms with E-state index in [0.29, 0.717) is 31.7 Å². The molecular weight excluding hydrogens is 457 g/mol. The zero-order chi connectivity index (χ0) is 24.1. The maximum absolute atomic E-state index is 13.1. The van der Waals surface area contributed by atoms with Gasteiger partial charge in [0.2, 0.25) is 15.9 Å². The Hall–Kier alpha value is -3.37. The molecule has 2 aromatic carbocycles. The molecule has 1 aromatic heterocycles. The van der Waals surface area contributed by atoms with Gasteiger partial charge in [-0.25, -0.2) is 17.9 Å². The number of carbonyl (C=O) groups is 1. The predicted molar refractivity (Wildman–Crippen MR) is 127 cm³/mol. The zero-order valence-electron chi connectivity index (χ0n) is 18.5. The molecule has 0 saturated carbocycles. The number of carbonyl (C=O) groups excluding carboxylic acids is 1. The van der Waals surface area contributed by atoms with E-state index >= 15 is 0 Å². The van der Waals surface area contributed by atoms with Gasteiger partial charge in [-0.2, -0.15) is 0 Å². The Bertz CT molecular complexity index is 1230. The van der Waals surface area contributed by atoms with Gasteiger partial charge in [-0.15, -0.1) is 10.2 Å². The number of rotatable bonds is 7. The molecule has 0 aliphatic carbocycles. The number of nitrogens with two attached hydrogens (primary N) is 1. The fourth-order valence-corrected chi connectivity index (χ4v) is 4.47. The number of benzene rings is 2. The van der Waals surface area contributed by atoms with Crippen LogP contribution in [0.3, 0.4) is 0 Å². The minimum Gasteiger partial charge on any atom is -0.356 e. The number of amides is 1. The Kier molecular flexibility index (Phi) is 7.18. The highest BCUT2D eigenvalue weighted by Crippen LogP contribution is 2.23. The molecule has 10 heteroatoms. The van der Waals surface area contributed by atoms with Gasteiger partial charge in [-0.05, 0) is 73.4 Å². The average molecular weight is 484 g/mol. The van der Waals surface area contributed by atoms with Crippen LogP contribution in [-0.2, 0) is 21.2 Å². The Balaban J connectivity index is 1.23. The molecule has 2 heterocycles. The van der Waals surface area contributed by atoms with Crippen LogP contribution in [0.15, 0.2) is 65.6 Å². The second-order valence-corrected chi connectivity index (χ2v) is 9.84. The van der Waals surface area contributed by atoms with Gasteiger partial charge in [0, 0.05) is 31.1 Å². The van der Waals surface area contributed by atoms with Crippen molar-refractivity contribution in [2.75, 3.05) is 24.5 Å². The molecule has 4 rings (SSSR count).